The minimum atomic E-state index is -0.231. The first-order chi connectivity index (χ1) is 11.8. The van der Waals surface area contributed by atoms with Gasteiger partial charge in [-0.25, -0.2) is 9.97 Å². The summed E-state index contributed by atoms with van der Waals surface area (Å²) < 4.78 is 11.9. The van der Waals surface area contributed by atoms with Gasteiger partial charge in [0.05, 0.1) is 18.8 Å². The van der Waals surface area contributed by atoms with E-state index < -0.39 is 0 Å². The fraction of sp³-hybridized carbons (Fsp3) is 0.412. The van der Waals surface area contributed by atoms with Crippen LogP contribution < -0.4 is 4.74 Å². The zero-order chi connectivity index (χ0) is 16.4. The number of pyridine rings is 1. The molecule has 2 aliphatic heterocycles. The monoisotopic (exact) mass is 326 g/mol. The summed E-state index contributed by atoms with van der Waals surface area (Å²) in [5.41, 5.74) is 0.348. The molecule has 0 bridgehead atoms. The fourth-order valence-electron chi connectivity index (χ4n) is 3.38. The average Bonchev–Trinajstić information content (AvgIpc) is 3.01. The van der Waals surface area contributed by atoms with Crippen molar-refractivity contribution < 1.29 is 14.3 Å². The maximum atomic E-state index is 12.8. The molecule has 0 aliphatic carbocycles. The molecule has 24 heavy (non-hydrogen) atoms. The molecule has 1 amide bonds. The van der Waals surface area contributed by atoms with Crippen LogP contribution in [0.5, 0.6) is 5.88 Å². The van der Waals surface area contributed by atoms with E-state index >= 15 is 0 Å². The topological polar surface area (TPSA) is 77.4 Å². The molecule has 4 rings (SSSR count). The Morgan fingerprint density at radius 1 is 1.25 bits per heavy atom. The van der Waals surface area contributed by atoms with Gasteiger partial charge in [-0.15, -0.1) is 0 Å². The Morgan fingerprint density at radius 2 is 2.21 bits per heavy atom. The molecule has 3 atom stereocenters. The molecule has 0 aromatic carbocycles. The van der Waals surface area contributed by atoms with Gasteiger partial charge >= 0.3 is 0 Å². The van der Waals surface area contributed by atoms with E-state index in [9.17, 15) is 4.79 Å². The minimum absolute atomic E-state index is 0.00182. The second-order valence-corrected chi connectivity index (χ2v) is 5.92. The largest absolute Gasteiger partial charge is 0.470 e. The number of hydrogen-bond acceptors (Lipinski definition) is 6. The van der Waals surface area contributed by atoms with Crippen molar-refractivity contribution in [2.24, 2.45) is 0 Å². The second-order valence-electron chi connectivity index (χ2n) is 5.92. The minimum Gasteiger partial charge on any atom is -0.470 e. The molecule has 0 saturated carbocycles. The van der Waals surface area contributed by atoms with Gasteiger partial charge in [0.1, 0.15) is 17.9 Å². The van der Waals surface area contributed by atoms with Crippen LogP contribution in [0.1, 0.15) is 23.3 Å². The Bertz CT molecular complexity index is 697. The van der Waals surface area contributed by atoms with Gasteiger partial charge in [-0.2, -0.15) is 0 Å². The van der Waals surface area contributed by atoms with Crippen LogP contribution in [0.25, 0.3) is 0 Å². The quantitative estimate of drug-likeness (QED) is 0.847. The van der Waals surface area contributed by atoms with E-state index in [1.54, 1.807) is 17.3 Å². The molecule has 0 N–H and O–H groups in total. The number of nitrogens with zero attached hydrogens (tertiary/aromatic N) is 4. The van der Waals surface area contributed by atoms with E-state index in [2.05, 4.69) is 15.0 Å². The first-order valence-electron chi connectivity index (χ1n) is 8.09. The van der Waals surface area contributed by atoms with Crippen molar-refractivity contribution in [1.82, 2.24) is 19.9 Å². The highest BCUT2D eigenvalue weighted by atomic mass is 16.5. The van der Waals surface area contributed by atoms with Gasteiger partial charge in [-0.1, -0.05) is 6.07 Å². The van der Waals surface area contributed by atoms with Gasteiger partial charge in [0.25, 0.3) is 5.91 Å². The first-order valence-corrected chi connectivity index (χ1v) is 8.09. The van der Waals surface area contributed by atoms with Crippen LogP contribution in [-0.2, 0) is 4.74 Å². The molecule has 4 heterocycles. The van der Waals surface area contributed by atoms with E-state index in [4.69, 9.17) is 9.47 Å². The van der Waals surface area contributed by atoms with E-state index in [0.717, 1.165) is 12.8 Å². The summed E-state index contributed by atoms with van der Waals surface area (Å²) in [5.74, 6) is 0.417. The van der Waals surface area contributed by atoms with Gasteiger partial charge in [-0.3, -0.25) is 9.78 Å². The Labute approximate surface area is 139 Å². The SMILES string of the molecule is O=C(c1cnccn1)N1C[C@@H](Oc2ccccn2)[C@H]2OCCC[C@H]21. The van der Waals surface area contributed by atoms with Crippen LogP contribution in [0.3, 0.4) is 0 Å². The summed E-state index contributed by atoms with van der Waals surface area (Å²) in [4.78, 5) is 26.9. The Balaban J connectivity index is 1.56. The van der Waals surface area contributed by atoms with Gasteiger partial charge in [0.2, 0.25) is 5.88 Å². The standard InChI is InChI=1S/C17H18N4O3/c22-17(12-10-18-7-8-19-12)21-11-14(16-13(21)4-3-9-23-16)24-15-5-1-2-6-20-15/h1-2,5-8,10,13-14,16H,3-4,9,11H2/t13-,14-,16+/m1/s1. The third kappa shape index (κ3) is 2.82. The molecule has 2 aromatic heterocycles. The highest BCUT2D eigenvalue weighted by Gasteiger charge is 2.47. The van der Waals surface area contributed by atoms with E-state index in [1.807, 2.05) is 18.2 Å². The number of amides is 1. The van der Waals surface area contributed by atoms with Gasteiger partial charge in [0.15, 0.2) is 0 Å². The number of aromatic nitrogens is 3. The predicted molar refractivity (Wildman–Crippen MR) is 84.5 cm³/mol. The lowest BCUT2D eigenvalue weighted by molar-refractivity contribution is -0.0455. The second kappa shape index (κ2) is 6.52. The van der Waals surface area contributed by atoms with Gasteiger partial charge in [0, 0.05) is 31.3 Å². The summed E-state index contributed by atoms with van der Waals surface area (Å²) in [6, 6.07) is 5.52. The number of likely N-dealkylation sites (tertiary alicyclic amines) is 1. The molecule has 2 saturated heterocycles. The summed E-state index contributed by atoms with van der Waals surface area (Å²) in [6.07, 6.45) is 7.73. The Kier molecular flexibility index (Phi) is 4.08. The molecule has 0 spiro atoms. The van der Waals surface area contributed by atoms with Crippen molar-refractivity contribution in [2.75, 3.05) is 13.2 Å². The van der Waals surface area contributed by atoms with Crippen LogP contribution in [0.4, 0.5) is 0 Å². The van der Waals surface area contributed by atoms with Crippen molar-refractivity contribution in [2.45, 2.75) is 31.1 Å². The molecule has 7 heteroatoms. The first kappa shape index (κ1) is 15.0. The number of rotatable bonds is 3. The summed E-state index contributed by atoms with van der Waals surface area (Å²) in [7, 11) is 0. The number of hydrogen-bond donors (Lipinski definition) is 0. The molecule has 2 aliphatic rings. The van der Waals surface area contributed by atoms with Gasteiger partial charge < -0.3 is 14.4 Å². The van der Waals surface area contributed by atoms with Crippen LogP contribution >= 0.6 is 0 Å². The van der Waals surface area contributed by atoms with E-state index in [1.165, 1.54) is 12.4 Å². The Hall–Kier alpha value is -2.54. The Morgan fingerprint density at radius 3 is 3.00 bits per heavy atom. The smallest absolute Gasteiger partial charge is 0.274 e. The number of ether oxygens (including phenoxy) is 2. The molecule has 2 aromatic rings. The lowest BCUT2D eigenvalue weighted by Gasteiger charge is -2.31. The van der Waals surface area contributed by atoms with Crippen LogP contribution in [0.2, 0.25) is 0 Å². The number of carbonyl (C=O) groups is 1. The fourth-order valence-corrected chi connectivity index (χ4v) is 3.38. The third-order valence-corrected chi connectivity index (χ3v) is 4.43. The molecule has 7 nitrogen and oxygen atoms in total. The zero-order valence-electron chi connectivity index (χ0n) is 13.1. The van der Waals surface area contributed by atoms with Crippen molar-refractivity contribution in [3.8, 4) is 5.88 Å². The van der Waals surface area contributed by atoms with Crippen LogP contribution in [0.15, 0.2) is 43.0 Å². The van der Waals surface area contributed by atoms with Crippen LogP contribution in [-0.4, -0.2) is 57.2 Å². The average molecular weight is 326 g/mol. The third-order valence-electron chi connectivity index (χ3n) is 4.43. The molecule has 2 fully saturated rings. The van der Waals surface area contributed by atoms with E-state index in [-0.39, 0.29) is 24.2 Å². The lowest BCUT2D eigenvalue weighted by Crippen LogP contribution is -2.44. The highest BCUT2D eigenvalue weighted by molar-refractivity contribution is 5.92. The normalized spacial score (nSPS) is 26.0. The molecular formula is C17H18N4O3. The maximum Gasteiger partial charge on any atom is 0.274 e. The molecule has 124 valence electrons. The van der Waals surface area contributed by atoms with Crippen molar-refractivity contribution in [3.05, 3.63) is 48.7 Å². The predicted octanol–water partition coefficient (Wildman–Crippen LogP) is 1.32. The molecule has 0 radical (unpaired) electrons. The van der Waals surface area contributed by atoms with Crippen molar-refractivity contribution >= 4 is 5.91 Å². The van der Waals surface area contributed by atoms with Crippen LogP contribution in [0, 0.1) is 0 Å². The molecular weight excluding hydrogens is 308 g/mol. The summed E-state index contributed by atoms with van der Waals surface area (Å²) in [5, 5.41) is 0. The van der Waals surface area contributed by atoms with Gasteiger partial charge in [-0.05, 0) is 18.9 Å². The number of fused-ring (bicyclic) bond motifs is 1. The maximum absolute atomic E-state index is 12.8. The van der Waals surface area contributed by atoms with Crippen molar-refractivity contribution in [3.63, 3.8) is 0 Å². The highest BCUT2D eigenvalue weighted by Crippen LogP contribution is 2.32. The summed E-state index contributed by atoms with van der Waals surface area (Å²) in [6.45, 7) is 1.15. The van der Waals surface area contributed by atoms with Crippen molar-refractivity contribution in [1.29, 1.82) is 0 Å². The lowest BCUT2D eigenvalue weighted by atomic mass is 10.0. The van der Waals surface area contributed by atoms with E-state index in [0.29, 0.717) is 24.7 Å². The number of carbonyl (C=O) groups excluding carboxylic acids is 1. The zero-order valence-corrected chi connectivity index (χ0v) is 13.1. The molecule has 0 unspecified atom stereocenters. The summed E-state index contributed by atoms with van der Waals surface area (Å²) >= 11 is 0.